The van der Waals surface area contributed by atoms with Gasteiger partial charge in [-0.2, -0.15) is 0 Å². The van der Waals surface area contributed by atoms with Gasteiger partial charge >= 0.3 is 0 Å². The SMILES string of the molecule is CS(=O)(=O)CCCCCCNC1CC1. The summed E-state index contributed by atoms with van der Waals surface area (Å²) in [5.41, 5.74) is 0. The summed E-state index contributed by atoms with van der Waals surface area (Å²) in [5.74, 6) is 0.350. The highest BCUT2D eigenvalue weighted by molar-refractivity contribution is 7.90. The lowest BCUT2D eigenvalue weighted by Crippen LogP contribution is -2.17. The van der Waals surface area contributed by atoms with E-state index in [4.69, 9.17) is 0 Å². The van der Waals surface area contributed by atoms with Gasteiger partial charge in [0.15, 0.2) is 0 Å². The summed E-state index contributed by atoms with van der Waals surface area (Å²) in [7, 11) is -2.74. The predicted molar refractivity (Wildman–Crippen MR) is 59.2 cm³/mol. The van der Waals surface area contributed by atoms with Crippen LogP contribution in [0.15, 0.2) is 0 Å². The molecule has 0 radical (unpaired) electrons. The lowest BCUT2D eigenvalue weighted by atomic mass is 10.2. The fourth-order valence-electron chi connectivity index (χ4n) is 1.44. The molecular weight excluding hydrogens is 198 g/mol. The first-order valence-electron chi connectivity index (χ1n) is 5.49. The van der Waals surface area contributed by atoms with Crippen LogP contribution in [0.2, 0.25) is 0 Å². The fraction of sp³-hybridized carbons (Fsp3) is 1.00. The molecule has 84 valence electrons. The van der Waals surface area contributed by atoms with Crippen molar-refractivity contribution in [2.24, 2.45) is 0 Å². The maximum absolute atomic E-state index is 10.8. The average molecular weight is 219 g/mol. The second-order valence-electron chi connectivity index (χ2n) is 4.27. The van der Waals surface area contributed by atoms with E-state index in [-0.39, 0.29) is 0 Å². The Morgan fingerprint density at radius 2 is 1.79 bits per heavy atom. The molecule has 0 aliphatic heterocycles. The molecular formula is C10H21NO2S. The van der Waals surface area contributed by atoms with Crippen LogP contribution in [-0.2, 0) is 9.84 Å². The van der Waals surface area contributed by atoms with E-state index in [0.717, 1.165) is 31.8 Å². The van der Waals surface area contributed by atoms with Gasteiger partial charge in [0.05, 0.1) is 0 Å². The number of nitrogens with one attached hydrogen (secondary N) is 1. The minimum absolute atomic E-state index is 0.350. The Kier molecular flexibility index (Phi) is 4.89. The smallest absolute Gasteiger partial charge is 0.147 e. The van der Waals surface area contributed by atoms with Crippen molar-refractivity contribution in [1.82, 2.24) is 5.32 Å². The van der Waals surface area contributed by atoms with Gasteiger partial charge in [0.1, 0.15) is 9.84 Å². The molecule has 0 heterocycles. The first kappa shape index (κ1) is 12.0. The van der Waals surface area contributed by atoms with E-state index in [1.54, 1.807) is 0 Å². The van der Waals surface area contributed by atoms with Gasteiger partial charge in [-0.25, -0.2) is 8.42 Å². The van der Waals surface area contributed by atoms with Gasteiger partial charge in [-0.1, -0.05) is 12.8 Å². The Labute approximate surface area is 87.2 Å². The first-order valence-corrected chi connectivity index (χ1v) is 7.55. The molecule has 0 amide bonds. The molecule has 0 spiro atoms. The van der Waals surface area contributed by atoms with Gasteiger partial charge in [0, 0.05) is 18.1 Å². The predicted octanol–water partition coefficient (Wildman–Crippen LogP) is 1.34. The highest BCUT2D eigenvalue weighted by atomic mass is 32.2. The summed E-state index contributed by atoms with van der Waals surface area (Å²) in [6.45, 7) is 1.10. The van der Waals surface area contributed by atoms with Crippen molar-refractivity contribution in [2.75, 3.05) is 18.6 Å². The molecule has 4 heteroatoms. The first-order chi connectivity index (χ1) is 6.58. The zero-order chi connectivity index (χ0) is 10.4. The maximum atomic E-state index is 10.8. The molecule has 0 aromatic carbocycles. The molecule has 0 saturated heterocycles. The molecule has 1 N–H and O–H groups in total. The van der Waals surface area contributed by atoms with E-state index in [2.05, 4.69) is 5.32 Å². The van der Waals surface area contributed by atoms with Crippen molar-refractivity contribution in [3.63, 3.8) is 0 Å². The number of hydrogen-bond acceptors (Lipinski definition) is 3. The van der Waals surface area contributed by atoms with Crippen LogP contribution in [0.1, 0.15) is 38.5 Å². The summed E-state index contributed by atoms with van der Waals surface area (Å²) in [6, 6.07) is 0.797. The standard InChI is InChI=1S/C10H21NO2S/c1-14(12,13)9-5-3-2-4-8-11-10-6-7-10/h10-11H,2-9H2,1H3. The van der Waals surface area contributed by atoms with Crippen LogP contribution < -0.4 is 5.32 Å². The molecule has 1 aliphatic carbocycles. The highest BCUT2D eigenvalue weighted by Gasteiger charge is 2.19. The molecule has 0 aromatic rings. The van der Waals surface area contributed by atoms with Gasteiger partial charge in [-0.05, 0) is 32.2 Å². The van der Waals surface area contributed by atoms with Gasteiger partial charge < -0.3 is 5.32 Å². The Morgan fingerprint density at radius 1 is 1.14 bits per heavy atom. The van der Waals surface area contributed by atoms with Crippen molar-refractivity contribution < 1.29 is 8.42 Å². The second kappa shape index (κ2) is 5.71. The fourth-order valence-corrected chi connectivity index (χ4v) is 2.16. The van der Waals surface area contributed by atoms with E-state index in [1.807, 2.05) is 0 Å². The number of rotatable bonds is 8. The number of sulfone groups is 1. The zero-order valence-electron chi connectivity index (χ0n) is 8.96. The largest absolute Gasteiger partial charge is 0.314 e. The van der Waals surface area contributed by atoms with Gasteiger partial charge in [0.25, 0.3) is 0 Å². The average Bonchev–Trinajstić information content (AvgIpc) is 2.84. The van der Waals surface area contributed by atoms with E-state index in [9.17, 15) is 8.42 Å². The van der Waals surface area contributed by atoms with Gasteiger partial charge in [0.2, 0.25) is 0 Å². The van der Waals surface area contributed by atoms with Crippen LogP contribution in [-0.4, -0.2) is 33.0 Å². The van der Waals surface area contributed by atoms with E-state index in [0.29, 0.717) is 5.75 Å². The Hall–Kier alpha value is -0.0900. The molecule has 3 nitrogen and oxygen atoms in total. The normalized spacial score (nSPS) is 17.2. The third kappa shape index (κ3) is 7.33. The Bertz CT molecular complexity index is 245. The molecule has 1 saturated carbocycles. The molecule has 14 heavy (non-hydrogen) atoms. The van der Waals surface area contributed by atoms with Gasteiger partial charge in [-0.15, -0.1) is 0 Å². The lowest BCUT2D eigenvalue weighted by Gasteiger charge is -2.02. The van der Waals surface area contributed by atoms with Crippen LogP contribution in [0.25, 0.3) is 0 Å². The third-order valence-corrected chi connectivity index (χ3v) is 3.48. The quantitative estimate of drug-likeness (QED) is 0.627. The molecule has 0 unspecified atom stereocenters. The monoisotopic (exact) mass is 219 g/mol. The summed E-state index contributed by atoms with van der Waals surface area (Å²) in [6.07, 6.45) is 8.18. The van der Waals surface area contributed by atoms with E-state index in [1.165, 1.54) is 25.5 Å². The summed E-state index contributed by atoms with van der Waals surface area (Å²) in [5, 5.41) is 3.45. The minimum Gasteiger partial charge on any atom is -0.314 e. The maximum Gasteiger partial charge on any atom is 0.147 e. The van der Waals surface area contributed by atoms with Crippen molar-refractivity contribution in [3.8, 4) is 0 Å². The summed E-state index contributed by atoms with van der Waals surface area (Å²) < 4.78 is 21.6. The highest BCUT2D eigenvalue weighted by Crippen LogP contribution is 2.18. The molecule has 1 fully saturated rings. The summed E-state index contributed by atoms with van der Waals surface area (Å²) in [4.78, 5) is 0. The Balaban J connectivity index is 1.79. The number of unbranched alkanes of at least 4 members (excludes halogenated alkanes) is 3. The van der Waals surface area contributed by atoms with Crippen molar-refractivity contribution in [3.05, 3.63) is 0 Å². The van der Waals surface area contributed by atoms with Crippen LogP contribution in [0.3, 0.4) is 0 Å². The topological polar surface area (TPSA) is 46.2 Å². The minimum atomic E-state index is -2.74. The molecule has 1 rings (SSSR count). The van der Waals surface area contributed by atoms with E-state index < -0.39 is 9.84 Å². The van der Waals surface area contributed by atoms with Crippen molar-refractivity contribution in [2.45, 2.75) is 44.6 Å². The van der Waals surface area contributed by atoms with Crippen molar-refractivity contribution in [1.29, 1.82) is 0 Å². The number of hydrogen-bond donors (Lipinski definition) is 1. The Morgan fingerprint density at radius 3 is 2.36 bits per heavy atom. The molecule has 0 bridgehead atoms. The van der Waals surface area contributed by atoms with Crippen LogP contribution in [0.4, 0.5) is 0 Å². The van der Waals surface area contributed by atoms with Crippen LogP contribution in [0, 0.1) is 0 Å². The van der Waals surface area contributed by atoms with Crippen LogP contribution >= 0.6 is 0 Å². The molecule has 1 aliphatic rings. The van der Waals surface area contributed by atoms with Crippen LogP contribution in [0.5, 0.6) is 0 Å². The molecule has 0 atom stereocenters. The lowest BCUT2D eigenvalue weighted by molar-refractivity contribution is 0.581. The van der Waals surface area contributed by atoms with Gasteiger partial charge in [-0.3, -0.25) is 0 Å². The van der Waals surface area contributed by atoms with Crippen molar-refractivity contribution >= 4 is 9.84 Å². The summed E-state index contributed by atoms with van der Waals surface area (Å²) >= 11 is 0. The third-order valence-electron chi connectivity index (χ3n) is 2.45. The molecule has 0 aromatic heterocycles. The zero-order valence-corrected chi connectivity index (χ0v) is 9.78. The van der Waals surface area contributed by atoms with E-state index >= 15 is 0 Å². The second-order valence-corrected chi connectivity index (χ2v) is 6.53.